The Morgan fingerprint density at radius 3 is 2.53 bits per heavy atom. The van der Waals surface area contributed by atoms with Crippen LogP contribution in [0.3, 0.4) is 0 Å². The number of ether oxygens (including phenoxy) is 1. The van der Waals surface area contributed by atoms with Crippen LogP contribution in [0.4, 0.5) is 0 Å². The molecule has 0 atom stereocenters. The van der Waals surface area contributed by atoms with Crippen molar-refractivity contribution in [2.75, 3.05) is 6.61 Å². The van der Waals surface area contributed by atoms with Crippen LogP contribution in [0.15, 0.2) is 55.4 Å². The van der Waals surface area contributed by atoms with Crippen LogP contribution in [-0.2, 0) is 11.3 Å². The highest BCUT2D eigenvalue weighted by Gasteiger charge is 2.19. The Morgan fingerprint density at radius 1 is 1.23 bits per heavy atom. The summed E-state index contributed by atoms with van der Waals surface area (Å²) in [5.41, 5.74) is 9.25. The zero-order chi connectivity index (χ0) is 21.8. The molecule has 7 nitrogen and oxygen atoms in total. The summed E-state index contributed by atoms with van der Waals surface area (Å²) in [6.45, 7) is 10.1. The molecule has 2 amide bonds. The molecule has 3 rings (SSSR count). The lowest BCUT2D eigenvalue weighted by molar-refractivity contribution is -0.135. The Kier molecular flexibility index (Phi) is 6.20. The minimum Gasteiger partial charge on any atom is -0.484 e. The highest BCUT2D eigenvalue weighted by atomic mass is 16.5. The number of rotatable bonds is 8. The van der Waals surface area contributed by atoms with E-state index in [1.807, 2.05) is 57.2 Å². The maximum Gasteiger partial charge on any atom is 0.261 e. The molecule has 30 heavy (non-hydrogen) atoms. The van der Waals surface area contributed by atoms with Gasteiger partial charge in [-0.05, 0) is 56.2 Å². The minimum absolute atomic E-state index is 0.0244. The molecule has 3 aromatic rings. The second kappa shape index (κ2) is 8.82. The van der Waals surface area contributed by atoms with Gasteiger partial charge in [0.1, 0.15) is 5.75 Å². The first-order valence-electron chi connectivity index (χ1n) is 9.70. The van der Waals surface area contributed by atoms with Crippen LogP contribution in [0.5, 0.6) is 5.75 Å². The third-order valence-electron chi connectivity index (χ3n) is 4.86. The smallest absolute Gasteiger partial charge is 0.261 e. The first kappa shape index (κ1) is 21.1. The van der Waals surface area contributed by atoms with Crippen LogP contribution >= 0.6 is 0 Å². The zero-order valence-corrected chi connectivity index (χ0v) is 17.5. The molecule has 0 aliphatic carbocycles. The molecular formula is C23H26N4O3. The van der Waals surface area contributed by atoms with Gasteiger partial charge in [-0.2, -0.15) is 5.10 Å². The Morgan fingerprint density at radius 2 is 1.93 bits per heavy atom. The second-order valence-corrected chi connectivity index (χ2v) is 7.50. The average Bonchev–Trinajstić information content (AvgIpc) is 3.13. The van der Waals surface area contributed by atoms with Crippen LogP contribution in [0.25, 0.3) is 11.1 Å². The summed E-state index contributed by atoms with van der Waals surface area (Å²) in [6, 6.07) is 11.2. The highest BCUT2D eigenvalue weighted by molar-refractivity contribution is 5.99. The van der Waals surface area contributed by atoms with Gasteiger partial charge in [0.15, 0.2) is 6.61 Å². The first-order chi connectivity index (χ1) is 14.3. The molecular weight excluding hydrogens is 380 g/mol. The number of pyridine rings is 1. The largest absolute Gasteiger partial charge is 0.484 e. The Bertz CT molecular complexity index is 1080. The average molecular weight is 406 g/mol. The molecule has 0 saturated carbocycles. The fourth-order valence-corrected chi connectivity index (χ4v) is 3.13. The number of primary amides is 1. The zero-order valence-electron chi connectivity index (χ0n) is 17.5. The van der Waals surface area contributed by atoms with Crippen molar-refractivity contribution in [1.82, 2.24) is 14.5 Å². The second-order valence-electron chi connectivity index (χ2n) is 7.50. The number of benzene rings is 1. The van der Waals surface area contributed by atoms with Crippen LogP contribution in [0.1, 0.15) is 42.3 Å². The summed E-state index contributed by atoms with van der Waals surface area (Å²) in [5, 5.41) is 4.12. The number of hydrogen-bond acceptors (Lipinski definition) is 4. The van der Waals surface area contributed by atoms with E-state index in [4.69, 9.17) is 10.5 Å². The van der Waals surface area contributed by atoms with E-state index in [1.54, 1.807) is 15.6 Å². The van der Waals surface area contributed by atoms with Gasteiger partial charge in [0.2, 0.25) is 0 Å². The maximum atomic E-state index is 12.8. The van der Waals surface area contributed by atoms with Gasteiger partial charge in [-0.15, -0.1) is 0 Å². The molecule has 0 bridgehead atoms. The van der Waals surface area contributed by atoms with E-state index in [-0.39, 0.29) is 18.6 Å². The molecule has 0 spiro atoms. The van der Waals surface area contributed by atoms with Gasteiger partial charge in [-0.1, -0.05) is 24.3 Å². The lowest BCUT2D eigenvalue weighted by Crippen LogP contribution is -2.39. The fourth-order valence-electron chi connectivity index (χ4n) is 3.13. The monoisotopic (exact) mass is 406 g/mol. The van der Waals surface area contributed by atoms with Crippen LogP contribution in [-0.4, -0.2) is 39.0 Å². The molecule has 0 aliphatic rings. The van der Waals surface area contributed by atoms with Gasteiger partial charge in [-0.25, -0.2) is 4.52 Å². The molecule has 2 aromatic heterocycles. The quantitative estimate of drug-likeness (QED) is 0.622. The van der Waals surface area contributed by atoms with Crippen molar-refractivity contribution in [3.63, 3.8) is 0 Å². The Labute approximate surface area is 175 Å². The summed E-state index contributed by atoms with van der Waals surface area (Å²) < 4.78 is 7.27. The number of carbonyl (C=O) groups is 2. The van der Waals surface area contributed by atoms with E-state index in [0.717, 1.165) is 16.7 Å². The number of nitrogens with two attached hydrogens (primary N) is 1. The number of amides is 2. The third kappa shape index (κ3) is 4.68. The number of fused-ring (bicyclic) bond motifs is 1. The molecule has 2 N–H and O–H groups in total. The third-order valence-corrected chi connectivity index (χ3v) is 4.86. The molecule has 0 unspecified atom stereocenters. The molecule has 0 aliphatic heterocycles. The van der Waals surface area contributed by atoms with E-state index in [2.05, 4.69) is 11.7 Å². The molecule has 0 radical (unpaired) electrons. The van der Waals surface area contributed by atoms with Gasteiger partial charge >= 0.3 is 0 Å². The summed E-state index contributed by atoms with van der Waals surface area (Å²) >= 11 is 0. The molecule has 7 heteroatoms. The van der Waals surface area contributed by atoms with Gasteiger partial charge in [0.05, 0.1) is 17.3 Å². The van der Waals surface area contributed by atoms with E-state index in [0.29, 0.717) is 23.4 Å². The van der Waals surface area contributed by atoms with Crippen molar-refractivity contribution < 1.29 is 14.3 Å². The number of nitrogens with zero attached hydrogens (tertiary/aromatic N) is 3. The fraction of sp³-hybridized carbons (Fsp3) is 0.261. The van der Waals surface area contributed by atoms with E-state index in [1.165, 1.54) is 6.20 Å². The van der Waals surface area contributed by atoms with E-state index >= 15 is 0 Å². The molecule has 156 valence electrons. The van der Waals surface area contributed by atoms with Crippen LogP contribution in [0, 0.1) is 0 Å². The van der Waals surface area contributed by atoms with Crippen LogP contribution < -0.4 is 10.5 Å². The van der Waals surface area contributed by atoms with Crippen molar-refractivity contribution >= 4 is 22.9 Å². The van der Waals surface area contributed by atoms with E-state index in [9.17, 15) is 9.59 Å². The normalized spacial score (nSPS) is 10.9. The summed E-state index contributed by atoms with van der Waals surface area (Å²) in [5.74, 6) is -0.0358. The molecule has 0 saturated heterocycles. The first-order valence-corrected chi connectivity index (χ1v) is 9.70. The Hall–Kier alpha value is -3.61. The Balaban J connectivity index is 1.71. The number of carbonyl (C=O) groups excluding carboxylic acids is 2. The van der Waals surface area contributed by atoms with Crippen molar-refractivity contribution in [3.05, 3.63) is 72.1 Å². The predicted octanol–water partition coefficient (Wildman–Crippen LogP) is 3.28. The van der Waals surface area contributed by atoms with Crippen molar-refractivity contribution in [2.45, 2.75) is 33.4 Å². The van der Waals surface area contributed by atoms with Crippen molar-refractivity contribution in [3.8, 4) is 5.75 Å². The number of aromatic nitrogens is 2. The van der Waals surface area contributed by atoms with Gasteiger partial charge in [0, 0.05) is 18.8 Å². The van der Waals surface area contributed by atoms with Gasteiger partial charge in [-0.3, -0.25) is 9.59 Å². The van der Waals surface area contributed by atoms with Crippen molar-refractivity contribution in [2.24, 2.45) is 5.73 Å². The topological polar surface area (TPSA) is 89.9 Å². The SMILES string of the molecule is C=C(C)c1ccc(OCC(=O)N(Cc2ccn3ncc(C(N)=O)c3c2)C(C)C)cc1. The van der Waals surface area contributed by atoms with Gasteiger partial charge < -0.3 is 15.4 Å². The molecule has 1 aromatic carbocycles. The van der Waals surface area contributed by atoms with E-state index < -0.39 is 5.91 Å². The van der Waals surface area contributed by atoms with Gasteiger partial charge in [0.25, 0.3) is 11.8 Å². The summed E-state index contributed by atoms with van der Waals surface area (Å²) in [7, 11) is 0. The summed E-state index contributed by atoms with van der Waals surface area (Å²) in [4.78, 5) is 26.1. The lowest BCUT2D eigenvalue weighted by Gasteiger charge is -2.27. The minimum atomic E-state index is -0.537. The van der Waals surface area contributed by atoms with Crippen molar-refractivity contribution in [1.29, 1.82) is 0 Å². The molecule has 2 heterocycles. The lowest BCUT2D eigenvalue weighted by atomic mass is 10.1. The highest BCUT2D eigenvalue weighted by Crippen LogP contribution is 2.18. The molecule has 0 fully saturated rings. The standard InChI is InChI=1S/C23H26N4O3/c1-15(2)18-5-7-19(8-6-18)30-14-22(28)26(16(3)4)13-17-9-10-27-21(11-17)20(12-25-27)23(24)29/h5-12,16H,1,13-14H2,2-4H3,(H2,24,29). The summed E-state index contributed by atoms with van der Waals surface area (Å²) in [6.07, 6.45) is 3.19. The number of allylic oxidation sites excluding steroid dienone is 1. The predicted molar refractivity (Wildman–Crippen MR) is 116 cm³/mol. The number of hydrogen-bond donors (Lipinski definition) is 1. The van der Waals surface area contributed by atoms with Crippen LogP contribution in [0.2, 0.25) is 0 Å². The maximum absolute atomic E-state index is 12.8.